The van der Waals surface area contributed by atoms with Gasteiger partial charge >= 0.3 is 6.03 Å². The third-order valence-corrected chi connectivity index (χ3v) is 5.26. The lowest BCUT2D eigenvalue weighted by atomic mass is 10.1. The minimum absolute atomic E-state index is 0.0574. The molecule has 1 saturated heterocycles. The van der Waals surface area contributed by atoms with E-state index in [4.69, 9.17) is 25.8 Å². The lowest BCUT2D eigenvalue weighted by Gasteiger charge is -2.27. The SMILES string of the molecule is CCCOc1ccc(Cl)cc1/C=C1\C(=O)NC(=O)N(Cc2ccc(OCCC)c(OCC)c2)C1=O. The fraction of sp³-hybridized carbons (Fsp3) is 0.346. The summed E-state index contributed by atoms with van der Waals surface area (Å²) in [5, 5.41) is 2.66. The maximum atomic E-state index is 13.2. The van der Waals surface area contributed by atoms with Gasteiger partial charge in [0.2, 0.25) is 0 Å². The van der Waals surface area contributed by atoms with Gasteiger partial charge in [-0.25, -0.2) is 4.79 Å². The molecule has 35 heavy (non-hydrogen) atoms. The van der Waals surface area contributed by atoms with Crippen molar-refractivity contribution in [3.8, 4) is 17.2 Å². The predicted octanol–water partition coefficient (Wildman–Crippen LogP) is 4.98. The van der Waals surface area contributed by atoms with E-state index in [9.17, 15) is 14.4 Å². The van der Waals surface area contributed by atoms with Crippen LogP contribution in [0.25, 0.3) is 6.08 Å². The number of carbonyl (C=O) groups is 3. The van der Waals surface area contributed by atoms with Crippen LogP contribution in [-0.2, 0) is 16.1 Å². The van der Waals surface area contributed by atoms with E-state index in [-0.39, 0.29) is 12.1 Å². The van der Waals surface area contributed by atoms with E-state index in [1.807, 2.05) is 20.8 Å². The van der Waals surface area contributed by atoms with Gasteiger partial charge in [0.25, 0.3) is 11.8 Å². The van der Waals surface area contributed by atoms with Gasteiger partial charge in [-0.15, -0.1) is 0 Å². The Morgan fingerprint density at radius 1 is 0.886 bits per heavy atom. The van der Waals surface area contributed by atoms with Gasteiger partial charge in [0.1, 0.15) is 11.3 Å². The van der Waals surface area contributed by atoms with E-state index < -0.39 is 17.8 Å². The molecule has 0 unspecified atom stereocenters. The Hall–Kier alpha value is -3.52. The van der Waals surface area contributed by atoms with Gasteiger partial charge in [-0.05, 0) is 61.7 Å². The van der Waals surface area contributed by atoms with E-state index in [1.54, 1.807) is 36.4 Å². The van der Waals surface area contributed by atoms with Crippen molar-refractivity contribution in [3.05, 3.63) is 58.1 Å². The lowest BCUT2D eigenvalue weighted by Crippen LogP contribution is -2.53. The molecule has 8 nitrogen and oxygen atoms in total. The molecule has 0 aromatic heterocycles. The zero-order chi connectivity index (χ0) is 25.4. The molecule has 4 amide bonds. The van der Waals surface area contributed by atoms with Crippen LogP contribution in [0.4, 0.5) is 4.79 Å². The van der Waals surface area contributed by atoms with Gasteiger partial charge in [0.05, 0.1) is 26.4 Å². The fourth-order valence-corrected chi connectivity index (χ4v) is 3.58. The number of carbonyl (C=O) groups excluding carboxylic acids is 3. The summed E-state index contributed by atoms with van der Waals surface area (Å²) in [6, 6.07) is 9.37. The highest BCUT2D eigenvalue weighted by Gasteiger charge is 2.36. The molecule has 0 radical (unpaired) electrons. The standard InChI is InChI=1S/C26H29ClN2O6/c1-4-11-34-21-10-8-19(27)14-18(21)15-20-24(30)28-26(32)29(25(20)31)16-17-7-9-22(35-12-5-2)23(13-17)33-6-3/h7-10,13-15H,4-6,11-12,16H2,1-3H3,(H,28,30,32)/b20-15+. The smallest absolute Gasteiger partial charge is 0.331 e. The highest BCUT2D eigenvalue weighted by molar-refractivity contribution is 6.32. The number of halogens is 1. The molecule has 0 atom stereocenters. The average molecular weight is 501 g/mol. The van der Waals surface area contributed by atoms with Gasteiger partial charge in [-0.2, -0.15) is 0 Å². The molecule has 1 fully saturated rings. The Morgan fingerprint density at radius 3 is 2.26 bits per heavy atom. The average Bonchev–Trinajstić information content (AvgIpc) is 2.83. The first kappa shape index (κ1) is 26.1. The van der Waals surface area contributed by atoms with Gasteiger partial charge in [0.15, 0.2) is 11.5 Å². The second kappa shape index (κ2) is 12.3. The van der Waals surface area contributed by atoms with Crippen molar-refractivity contribution in [2.24, 2.45) is 0 Å². The Balaban J connectivity index is 1.90. The Kier molecular flexibility index (Phi) is 9.14. The molecule has 1 heterocycles. The highest BCUT2D eigenvalue weighted by atomic mass is 35.5. The van der Waals surface area contributed by atoms with Crippen LogP contribution in [-0.4, -0.2) is 42.6 Å². The summed E-state index contributed by atoms with van der Waals surface area (Å²) in [5.74, 6) is 0.0900. The fourth-order valence-electron chi connectivity index (χ4n) is 3.40. The number of urea groups is 1. The number of ether oxygens (including phenoxy) is 3. The predicted molar refractivity (Wildman–Crippen MR) is 133 cm³/mol. The molecular formula is C26H29ClN2O6. The van der Waals surface area contributed by atoms with Crippen LogP contribution in [0.2, 0.25) is 5.02 Å². The van der Waals surface area contributed by atoms with Gasteiger partial charge in [-0.3, -0.25) is 19.8 Å². The molecule has 2 aromatic rings. The molecule has 0 saturated carbocycles. The van der Waals surface area contributed by atoms with Crippen LogP contribution in [0.5, 0.6) is 17.2 Å². The minimum atomic E-state index is -0.796. The summed E-state index contributed by atoms with van der Waals surface area (Å²) >= 11 is 6.13. The molecule has 3 rings (SSSR count). The number of benzene rings is 2. The van der Waals surface area contributed by atoms with Crippen molar-refractivity contribution >= 4 is 35.5 Å². The number of rotatable bonds is 11. The summed E-state index contributed by atoms with van der Waals surface area (Å²) in [6.45, 7) is 7.20. The lowest BCUT2D eigenvalue weighted by molar-refractivity contribution is -0.130. The zero-order valence-electron chi connectivity index (χ0n) is 20.1. The number of hydrogen-bond acceptors (Lipinski definition) is 6. The van der Waals surface area contributed by atoms with E-state index in [1.165, 1.54) is 6.08 Å². The van der Waals surface area contributed by atoms with E-state index >= 15 is 0 Å². The van der Waals surface area contributed by atoms with E-state index in [0.29, 0.717) is 53.2 Å². The molecule has 1 aliphatic rings. The van der Waals surface area contributed by atoms with Crippen LogP contribution in [0.15, 0.2) is 42.0 Å². The van der Waals surface area contributed by atoms with E-state index in [2.05, 4.69) is 5.32 Å². The van der Waals surface area contributed by atoms with Crippen molar-refractivity contribution < 1.29 is 28.6 Å². The van der Waals surface area contributed by atoms with Crippen molar-refractivity contribution in [1.82, 2.24) is 10.2 Å². The highest BCUT2D eigenvalue weighted by Crippen LogP contribution is 2.30. The minimum Gasteiger partial charge on any atom is -0.493 e. The first-order valence-electron chi connectivity index (χ1n) is 11.6. The second-order valence-corrected chi connectivity index (χ2v) is 8.24. The molecule has 0 aliphatic carbocycles. The Labute approximate surface area is 209 Å². The second-order valence-electron chi connectivity index (χ2n) is 7.80. The van der Waals surface area contributed by atoms with Crippen LogP contribution >= 0.6 is 11.6 Å². The first-order chi connectivity index (χ1) is 16.9. The first-order valence-corrected chi connectivity index (χ1v) is 11.9. The molecule has 9 heteroatoms. The molecule has 186 valence electrons. The topological polar surface area (TPSA) is 94.2 Å². The van der Waals surface area contributed by atoms with Crippen molar-refractivity contribution in [2.45, 2.75) is 40.2 Å². The summed E-state index contributed by atoms with van der Waals surface area (Å²) in [5.41, 5.74) is 0.917. The van der Waals surface area contributed by atoms with Crippen LogP contribution in [0, 0.1) is 0 Å². The van der Waals surface area contributed by atoms with Crippen LogP contribution in [0.3, 0.4) is 0 Å². The van der Waals surface area contributed by atoms with Gasteiger partial charge in [-0.1, -0.05) is 31.5 Å². The summed E-state index contributed by atoms with van der Waals surface area (Å²) in [7, 11) is 0. The zero-order valence-corrected chi connectivity index (χ0v) is 20.8. The number of barbiturate groups is 1. The van der Waals surface area contributed by atoms with E-state index in [0.717, 1.165) is 17.7 Å². The third-order valence-electron chi connectivity index (χ3n) is 5.03. The molecular weight excluding hydrogens is 472 g/mol. The number of nitrogens with zero attached hydrogens (tertiary/aromatic N) is 1. The largest absolute Gasteiger partial charge is 0.493 e. The van der Waals surface area contributed by atoms with Gasteiger partial charge < -0.3 is 14.2 Å². The normalized spacial score (nSPS) is 14.8. The van der Waals surface area contributed by atoms with Gasteiger partial charge in [0, 0.05) is 10.6 Å². The molecule has 1 aliphatic heterocycles. The number of imide groups is 2. The number of hydrogen-bond donors (Lipinski definition) is 1. The van der Waals surface area contributed by atoms with Crippen LogP contribution in [0.1, 0.15) is 44.7 Å². The number of nitrogens with one attached hydrogen (secondary N) is 1. The maximum absolute atomic E-state index is 13.2. The monoisotopic (exact) mass is 500 g/mol. The molecule has 2 aromatic carbocycles. The molecule has 1 N–H and O–H groups in total. The Bertz CT molecular complexity index is 1130. The van der Waals surface area contributed by atoms with Crippen molar-refractivity contribution in [3.63, 3.8) is 0 Å². The Morgan fingerprint density at radius 2 is 1.57 bits per heavy atom. The maximum Gasteiger partial charge on any atom is 0.331 e. The quantitative estimate of drug-likeness (QED) is 0.345. The molecule has 0 bridgehead atoms. The summed E-state index contributed by atoms with van der Waals surface area (Å²) < 4.78 is 17.1. The molecule has 0 spiro atoms. The van der Waals surface area contributed by atoms with Crippen molar-refractivity contribution in [2.75, 3.05) is 19.8 Å². The van der Waals surface area contributed by atoms with Crippen LogP contribution < -0.4 is 19.5 Å². The number of amides is 4. The third kappa shape index (κ3) is 6.54. The summed E-state index contributed by atoms with van der Waals surface area (Å²) in [6.07, 6.45) is 3.02. The van der Waals surface area contributed by atoms with Crippen molar-refractivity contribution in [1.29, 1.82) is 0 Å². The summed E-state index contributed by atoms with van der Waals surface area (Å²) in [4.78, 5) is 39.3.